The Morgan fingerprint density at radius 2 is 2.07 bits per heavy atom. The minimum absolute atomic E-state index is 0.0193. The third-order valence-electron chi connectivity index (χ3n) is 5.06. The molecule has 0 bridgehead atoms. The van der Waals surface area contributed by atoms with Gasteiger partial charge in [0.05, 0.1) is 11.1 Å². The van der Waals surface area contributed by atoms with Gasteiger partial charge >= 0.3 is 11.7 Å². The first-order chi connectivity index (χ1) is 13.0. The van der Waals surface area contributed by atoms with E-state index in [0.29, 0.717) is 28.9 Å². The summed E-state index contributed by atoms with van der Waals surface area (Å²) < 4.78 is 8.80. The van der Waals surface area contributed by atoms with Crippen LogP contribution < -0.4 is 5.69 Å². The van der Waals surface area contributed by atoms with Crippen molar-refractivity contribution in [3.8, 4) is 0 Å². The highest BCUT2D eigenvalue weighted by atomic mass is 16.4. The number of hydrogen-bond donors (Lipinski definition) is 1. The molecular formula is C18H21N5O4. The standard InChI is InChI=1S/C18H21N5O4/c1-3-12(4-2)23-15-13(7-11(8-19-15)17(24)25)22(18(23)26)9-14-20-21-16(27-14)10-5-6-10/h7-8,10,12H,3-6,9H2,1-2H3,(H,24,25). The van der Waals surface area contributed by atoms with E-state index in [1.165, 1.54) is 16.8 Å². The van der Waals surface area contributed by atoms with E-state index in [4.69, 9.17) is 4.42 Å². The van der Waals surface area contributed by atoms with Gasteiger partial charge in [0, 0.05) is 18.2 Å². The second-order valence-corrected chi connectivity index (χ2v) is 6.89. The van der Waals surface area contributed by atoms with Gasteiger partial charge in [-0.05, 0) is 31.7 Å². The molecule has 9 nitrogen and oxygen atoms in total. The van der Waals surface area contributed by atoms with Crippen LogP contribution in [0, 0.1) is 0 Å². The van der Waals surface area contributed by atoms with Crippen LogP contribution in [0.2, 0.25) is 0 Å². The van der Waals surface area contributed by atoms with Crippen LogP contribution in [0.5, 0.6) is 0 Å². The van der Waals surface area contributed by atoms with E-state index in [0.717, 1.165) is 25.7 Å². The Hall–Kier alpha value is -2.97. The lowest BCUT2D eigenvalue weighted by Gasteiger charge is -2.13. The molecule has 1 N–H and O–H groups in total. The largest absolute Gasteiger partial charge is 0.478 e. The summed E-state index contributed by atoms with van der Waals surface area (Å²) >= 11 is 0. The van der Waals surface area contributed by atoms with Crippen LogP contribution in [-0.2, 0) is 6.54 Å². The molecule has 0 amide bonds. The molecule has 3 heterocycles. The van der Waals surface area contributed by atoms with E-state index in [9.17, 15) is 14.7 Å². The first-order valence-electron chi connectivity index (χ1n) is 9.19. The molecule has 9 heteroatoms. The zero-order valence-corrected chi connectivity index (χ0v) is 15.3. The topological polar surface area (TPSA) is 116 Å². The summed E-state index contributed by atoms with van der Waals surface area (Å²) in [4.78, 5) is 28.8. The maximum absolute atomic E-state index is 13.1. The van der Waals surface area contributed by atoms with Crippen LogP contribution >= 0.6 is 0 Å². The Kier molecular flexibility index (Phi) is 4.29. The van der Waals surface area contributed by atoms with E-state index >= 15 is 0 Å². The van der Waals surface area contributed by atoms with Gasteiger partial charge in [-0.15, -0.1) is 10.2 Å². The molecular weight excluding hydrogens is 350 g/mol. The number of aromatic carboxylic acids is 1. The smallest absolute Gasteiger partial charge is 0.337 e. The lowest BCUT2D eigenvalue weighted by atomic mass is 10.1. The van der Waals surface area contributed by atoms with Crippen LogP contribution in [0.15, 0.2) is 21.5 Å². The molecule has 3 aromatic rings. The van der Waals surface area contributed by atoms with Gasteiger partial charge in [-0.1, -0.05) is 13.8 Å². The quantitative estimate of drug-likeness (QED) is 0.678. The predicted molar refractivity (Wildman–Crippen MR) is 95.9 cm³/mol. The van der Waals surface area contributed by atoms with Crippen molar-refractivity contribution < 1.29 is 14.3 Å². The average Bonchev–Trinajstić information content (AvgIpc) is 3.35. The van der Waals surface area contributed by atoms with Gasteiger partial charge in [-0.2, -0.15) is 0 Å². The maximum atomic E-state index is 13.1. The number of carboxylic acids is 1. The Labute approximate surface area is 154 Å². The number of aromatic nitrogens is 5. The third-order valence-corrected chi connectivity index (χ3v) is 5.06. The molecule has 3 aromatic heterocycles. The number of carbonyl (C=O) groups is 1. The second kappa shape index (κ2) is 6.64. The number of carboxylic acid groups (broad SMARTS) is 1. The fourth-order valence-corrected chi connectivity index (χ4v) is 3.37. The van der Waals surface area contributed by atoms with Gasteiger partial charge in [0.15, 0.2) is 5.65 Å². The number of nitrogens with zero attached hydrogens (tertiary/aromatic N) is 5. The number of pyridine rings is 1. The average molecular weight is 371 g/mol. The molecule has 0 atom stereocenters. The lowest BCUT2D eigenvalue weighted by molar-refractivity contribution is 0.0696. The summed E-state index contributed by atoms with van der Waals surface area (Å²) in [6.07, 6.45) is 4.91. The van der Waals surface area contributed by atoms with Gasteiger partial charge in [-0.25, -0.2) is 14.6 Å². The zero-order valence-electron chi connectivity index (χ0n) is 15.3. The molecule has 0 aliphatic heterocycles. The summed E-state index contributed by atoms with van der Waals surface area (Å²) in [6, 6.07) is 1.46. The Morgan fingerprint density at radius 3 is 2.70 bits per heavy atom. The molecule has 0 spiro atoms. The minimum Gasteiger partial charge on any atom is -0.478 e. The molecule has 1 fully saturated rings. The van der Waals surface area contributed by atoms with Crippen molar-refractivity contribution in [2.24, 2.45) is 0 Å². The summed E-state index contributed by atoms with van der Waals surface area (Å²) in [5.74, 6) is 0.177. The van der Waals surface area contributed by atoms with Crippen molar-refractivity contribution in [1.82, 2.24) is 24.3 Å². The SMILES string of the molecule is CCC(CC)n1c(=O)n(Cc2nnc(C3CC3)o2)c2cc(C(=O)O)cnc21. The fourth-order valence-electron chi connectivity index (χ4n) is 3.37. The van der Waals surface area contributed by atoms with Gasteiger partial charge in [0.2, 0.25) is 11.8 Å². The van der Waals surface area contributed by atoms with Crippen molar-refractivity contribution in [3.63, 3.8) is 0 Å². The van der Waals surface area contributed by atoms with E-state index in [2.05, 4.69) is 15.2 Å². The number of hydrogen-bond acceptors (Lipinski definition) is 6. The maximum Gasteiger partial charge on any atom is 0.337 e. The molecule has 1 aliphatic rings. The Balaban J connectivity index is 1.85. The van der Waals surface area contributed by atoms with Crippen molar-refractivity contribution in [1.29, 1.82) is 0 Å². The van der Waals surface area contributed by atoms with Crippen molar-refractivity contribution in [3.05, 3.63) is 40.1 Å². The Bertz CT molecular complexity index is 1060. The van der Waals surface area contributed by atoms with Crippen LogP contribution in [0.1, 0.15) is 73.6 Å². The summed E-state index contributed by atoms with van der Waals surface area (Å²) in [7, 11) is 0. The van der Waals surface area contributed by atoms with E-state index in [1.807, 2.05) is 13.8 Å². The van der Waals surface area contributed by atoms with Crippen LogP contribution in [0.4, 0.5) is 0 Å². The highest BCUT2D eigenvalue weighted by Gasteiger charge is 2.30. The number of fused-ring (bicyclic) bond motifs is 1. The van der Waals surface area contributed by atoms with Gasteiger partial charge in [0.1, 0.15) is 6.54 Å². The van der Waals surface area contributed by atoms with Crippen LogP contribution in [-0.4, -0.2) is 35.4 Å². The summed E-state index contributed by atoms with van der Waals surface area (Å²) in [6.45, 7) is 4.11. The minimum atomic E-state index is -1.09. The second-order valence-electron chi connectivity index (χ2n) is 6.89. The Morgan fingerprint density at radius 1 is 1.33 bits per heavy atom. The number of imidazole rings is 1. The molecule has 0 radical (unpaired) electrons. The summed E-state index contributed by atoms with van der Waals surface area (Å²) in [5.41, 5.74) is 0.709. The van der Waals surface area contributed by atoms with Gasteiger partial charge in [0.25, 0.3) is 0 Å². The first-order valence-corrected chi connectivity index (χ1v) is 9.19. The van der Waals surface area contributed by atoms with Crippen molar-refractivity contribution in [2.45, 2.75) is 58.0 Å². The fraction of sp³-hybridized carbons (Fsp3) is 0.500. The molecule has 0 saturated heterocycles. The van der Waals surface area contributed by atoms with E-state index in [1.54, 1.807) is 4.57 Å². The summed E-state index contributed by atoms with van der Waals surface area (Å²) in [5, 5.41) is 17.4. The van der Waals surface area contributed by atoms with Gasteiger partial charge < -0.3 is 9.52 Å². The first kappa shape index (κ1) is 17.4. The molecule has 0 aromatic carbocycles. The van der Waals surface area contributed by atoms with Crippen molar-refractivity contribution >= 4 is 17.1 Å². The monoisotopic (exact) mass is 371 g/mol. The van der Waals surface area contributed by atoms with Gasteiger partial charge in [-0.3, -0.25) is 9.13 Å². The highest BCUT2D eigenvalue weighted by molar-refractivity contribution is 5.91. The van der Waals surface area contributed by atoms with E-state index < -0.39 is 5.97 Å². The van der Waals surface area contributed by atoms with Crippen molar-refractivity contribution in [2.75, 3.05) is 0 Å². The molecule has 27 heavy (non-hydrogen) atoms. The molecule has 0 unspecified atom stereocenters. The highest BCUT2D eigenvalue weighted by Crippen LogP contribution is 2.39. The number of rotatable bonds is 7. The van der Waals surface area contributed by atoms with Crippen LogP contribution in [0.25, 0.3) is 11.2 Å². The molecule has 1 saturated carbocycles. The lowest BCUT2D eigenvalue weighted by Crippen LogP contribution is -2.27. The van der Waals surface area contributed by atoms with Crippen LogP contribution in [0.3, 0.4) is 0 Å². The third kappa shape index (κ3) is 3.02. The molecule has 4 rings (SSSR count). The zero-order chi connectivity index (χ0) is 19.1. The normalized spacial score (nSPS) is 14.3. The predicted octanol–water partition coefficient (Wildman–Crippen LogP) is 2.57. The molecule has 1 aliphatic carbocycles. The molecule has 142 valence electrons. The van der Waals surface area contributed by atoms with E-state index in [-0.39, 0.29) is 23.8 Å².